The summed E-state index contributed by atoms with van der Waals surface area (Å²) in [5.74, 6) is -0.128. The Balaban J connectivity index is 1.47. The quantitative estimate of drug-likeness (QED) is 0.277. The summed E-state index contributed by atoms with van der Waals surface area (Å²) in [6.07, 6.45) is 7.94. The maximum atomic E-state index is 12.9. The molecule has 31 heavy (non-hydrogen) atoms. The van der Waals surface area contributed by atoms with Gasteiger partial charge in [-0.1, -0.05) is 60.3 Å². The zero-order valence-corrected chi connectivity index (χ0v) is 18.2. The molecule has 1 amide bonds. The van der Waals surface area contributed by atoms with Crippen LogP contribution in [0.5, 0.6) is 0 Å². The number of amidine groups is 1. The van der Waals surface area contributed by atoms with Crippen LogP contribution >= 0.6 is 11.8 Å². The number of aryl methyl sites for hydroxylation is 2. The van der Waals surface area contributed by atoms with Crippen LogP contribution in [0.25, 0.3) is 0 Å². The van der Waals surface area contributed by atoms with Crippen LogP contribution in [0, 0.1) is 0 Å². The number of benzene rings is 2. The number of amides is 1. The van der Waals surface area contributed by atoms with Gasteiger partial charge in [0.1, 0.15) is 0 Å². The van der Waals surface area contributed by atoms with Gasteiger partial charge in [0, 0.05) is 18.5 Å². The van der Waals surface area contributed by atoms with Gasteiger partial charge in [0.25, 0.3) is 0 Å². The summed E-state index contributed by atoms with van der Waals surface area (Å²) >= 11 is 1.30. The van der Waals surface area contributed by atoms with Gasteiger partial charge < -0.3 is 0 Å². The number of hydrogen-bond donors (Lipinski definition) is 0. The Morgan fingerprint density at radius 3 is 2.68 bits per heavy atom. The number of carbonyl (C=O) groups is 2. The lowest BCUT2D eigenvalue weighted by Crippen LogP contribution is -2.32. The number of ketones is 1. The molecule has 6 heteroatoms. The van der Waals surface area contributed by atoms with E-state index >= 15 is 0 Å². The van der Waals surface area contributed by atoms with Crippen molar-refractivity contribution < 1.29 is 9.59 Å². The lowest BCUT2D eigenvalue weighted by atomic mass is 9.89. The minimum atomic E-state index is -0.492. The van der Waals surface area contributed by atoms with E-state index in [1.807, 2.05) is 42.5 Å². The molecule has 0 radical (unpaired) electrons. The highest BCUT2D eigenvalue weighted by molar-refractivity contribution is 8.15. The van der Waals surface area contributed by atoms with Crippen molar-refractivity contribution in [1.29, 1.82) is 0 Å². The number of nitrogens with zero attached hydrogens (tertiary/aromatic N) is 3. The van der Waals surface area contributed by atoms with E-state index < -0.39 is 5.25 Å². The zero-order chi connectivity index (χ0) is 21.6. The van der Waals surface area contributed by atoms with Crippen molar-refractivity contribution in [2.45, 2.75) is 37.4 Å². The Hall–Kier alpha value is -2.99. The first-order valence-corrected chi connectivity index (χ1v) is 11.4. The van der Waals surface area contributed by atoms with Gasteiger partial charge in [0.15, 0.2) is 11.0 Å². The van der Waals surface area contributed by atoms with E-state index in [2.05, 4.69) is 22.8 Å². The van der Waals surface area contributed by atoms with Crippen LogP contribution in [0.2, 0.25) is 0 Å². The van der Waals surface area contributed by atoms with E-state index in [1.165, 1.54) is 35.7 Å². The van der Waals surface area contributed by atoms with Crippen LogP contribution in [0.1, 0.15) is 46.3 Å². The van der Waals surface area contributed by atoms with E-state index in [9.17, 15) is 9.59 Å². The molecule has 0 aromatic heterocycles. The van der Waals surface area contributed by atoms with Gasteiger partial charge in [0.2, 0.25) is 5.91 Å². The molecule has 1 saturated heterocycles. The molecule has 4 rings (SSSR count). The topological polar surface area (TPSA) is 62.1 Å². The van der Waals surface area contributed by atoms with E-state index in [0.717, 1.165) is 18.4 Å². The van der Waals surface area contributed by atoms with Crippen LogP contribution in [-0.4, -0.2) is 39.8 Å². The Morgan fingerprint density at radius 2 is 1.90 bits per heavy atom. The van der Waals surface area contributed by atoms with Gasteiger partial charge >= 0.3 is 0 Å². The Morgan fingerprint density at radius 1 is 1.13 bits per heavy atom. The molecule has 0 bridgehead atoms. The lowest BCUT2D eigenvalue weighted by Gasteiger charge is -2.16. The van der Waals surface area contributed by atoms with Gasteiger partial charge in [-0.3, -0.25) is 14.5 Å². The lowest BCUT2D eigenvalue weighted by molar-refractivity contribution is -0.125. The minimum Gasteiger partial charge on any atom is -0.294 e. The van der Waals surface area contributed by atoms with Crippen LogP contribution < -0.4 is 0 Å². The van der Waals surface area contributed by atoms with Crippen LogP contribution in [0.4, 0.5) is 0 Å². The number of carbonyl (C=O) groups excluding carboxylic acids is 2. The summed E-state index contributed by atoms with van der Waals surface area (Å²) in [5, 5.41) is 8.40. The first kappa shape index (κ1) is 21.2. The number of hydrogen-bond acceptors (Lipinski definition) is 5. The van der Waals surface area contributed by atoms with Crippen molar-refractivity contribution in [3.05, 3.63) is 83.4 Å². The fourth-order valence-electron chi connectivity index (χ4n) is 3.89. The first-order chi connectivity index (χ1) is 15.2. The molecule has 5 nitrogen and oxygen atoms in total. The maximum Gasteiger partial charge on any atom is 0.242 e. The molecular formula is C25H25N3O2S. The third kappa shape index (κ3) is 5.02. The van der Waals surface area contributed by atoms with Crippen LogP contribution in [-0.2, 0) is 17.6 Å². The second-order valence-corrected chi connectivity index (χ2v) is 8.87. The largest absolute Gasteiger partial charge is 0.294 e. The van der Waals surface area contributed by atoms with Crippen molar-refractivity contribution in [2.24, 2.45) is 10.2 Å². The monoisotopic (exact) mass is 431 g/mol. The summed E-state index contributed by atoms with van der Waals surface area (Å²) in [6, 6.07) is 15.6. The molecular weight excluding hydrogens is 406 g/mol. The standard InChI is InChI=1S/C25H25N3O2S/c1-2-14-28-24(30)23(31-25(28)27-26-17-18-8-4-3-5-9-18)16-22(29)21-13-12-19-10-6-7-11-20(19)15-21/h2-5,8-9,12-13,15,17,23H,1,6-7,10-11,14,16H2/b26-17+,27-25+. The molecule has 1 aliphatic heterocycles. The molecule has 1 fully saturated rings. The van der Waals surface area contributed by atoms with Gasteiger partial charge in [-0.15, -0.1) is 11.7 Å². The number of thioether (sulfide) groups is 1. The van der Waals surface area contributed by atoms with Crippen LogP contribution in [0.3, 0.4) is 0 Å². The molecule has 0 N–H and O–H groups in total. The molecule has 2 aromatic carbocycles. The van der Waals surface area contributed by atoms with Crippen molar-refractivity contribution in [3.8, 4) is 0 Å². The average molecular weight is 432 g/mol. The molecule has 1 heterocycles. The number of rotatable bonds is 7. The summed E-state index contributed by atoms with van der Waals surface area (Å²) in [7, 11) is 0. The van der Waals surface area contributed by atoms with Crippen molar-refractivity contribution in [1.82, 2.24) is 4.90 Å². The van der Waals surface area contributed by atoms with Crippen LogP contribution in [0.15, 0.2) is 71.4 Å². The second-order valence-electron chi connectivity index (χ2n) is 7.70. The van der Waals surface area contributed by atoms with Crippen molar-refractivity contribution in [2.75, 3.05) is 6.54 Å². The molecule has 2 aromatic rings. The smallest absolute Gasteiger partial charge is 0.242 e. The first-order valence-electron chi connectivity index (χ1n) is 10.6. The van der Waals surface area contributed by atoms with Gasteiger partial charge in [-0.05, 0) is 48.4 Å². The number of fused-ring (bicyclic) bond motifs is 1. The molecule has 158 valence electrons. The van der Waals surface area contributed by atoms with E-state index in [4.69, 9.17) is 0 Å². The summed E-state index contributed by atoms with van der Waals surface area (Å²) < 4.78 is 0. The third-order valence-corrected chi connectivity index (χ3v) is 6.69. The third-order valence-electron chi connectivity index (χ3n) is 5.52. The fourth-order valence-corrected chi connectivity index (χ4v) is 4.99. The van der Waals surface area contributed by atoms with Gasteiger partial charge in [-0.25, -0.2) is 0 Å². The SMILES string of the molecule is C=CCN1C(=O)C(CC(=O)c2ccc3c(c2)CCCC3)S/C1=N/N=C/c1ccccc1. The summed E-state index contributed by atoms with van der Waals surface area (Å²) in [6.45, 7) is 4.07. The predicted octanol–water partition coefficient (Wildman–Crippen LogP) is 4.66. The highest BCUT2D eigenvalue weighted by Crippen LogP contribution is 2.31. The van der Waals surface area contributed by atoms with Gasteiger partial charge in [-0.2, -0.15) is 5.10 Å². The summed E-state index contributed by atoms with van der Waals surface area (Å²) in [4.78, 5) is 27.4. The summed E-state index contributed by atoms with van der Waals surface area (Å²) in [5.41, 5.74) is 4.23. The molecule has 1 atom stereocenters. The molecule has 2 aliphatic rings. The van der Waals surface area contributed by atoms with E-state index in [1.54, 1.807) is 17.2 Å². The van der Waals surface area contributed by atoms with E-state index in [0.29, 0.717) is 17.3 Å². The average Bonchev–Trinajstić information content (AvgIpc) is 3.09. The van der Waals surface area contributed by atoms with Gasteiger partial charge in [0.05, 0.1) is 11.5 Å². The Labute approximate surface area is 186 Å². The number of Topliss-reactive ketones (excluding diaryl/α,β-unsaturated/α-hetero) is 1. The van der Waals surface area contributed by atoms with Crippen molar-refractivity contribution in [3.63, 3.8) is 0 Å². The van der Waals surface area contributed by atoms with Crippen molar-refractivity contribution >= 4 is 34.8 Å². The molecule has 0 spiro atoms. The Kier molecular flexibility index (Phi) is 6.77. The van der Waals surface area contributed by atoms with E-state index in [-0.39, 0.29) is 18.1 Å². The fraction of sp³-hybridized carbons (Fsp3) is 0.280. The highest BCUT2D eigenvalue weighted by atomic mass is 32.2. The highest BCUT2D eigenvalue weighted by Gasteiger charge is 2.38. The molecule has 1 aliphatic carbocycles. The second kappa shape index (κ2) is 9.88. The normalized spacial score (nSPS) is 19.7. The maximum absolute atomic E-state index is 12.9. The molecule has 1 unspecified atom stereocenters. The zero-order valence-electron chi connectivity index (χ0n) is 17.4. The predicted molar refractivity (Wildman–Crippen MR) is 127 cm³/mol. The molecule has 0 saturated carbocycles. The minimum absolute atomic E-state index is 0.00758. The Bertz CT molecular complexity index is 1050.